The second-order valence-corrected chi connectivity index (χ2v) is 3.84. The van der Waals surface area contributed by atoms with Gasteiger partial charge in [0.1, 0.15) is 24.4 Å². The van der Waals surface area contributed by atoms with E-state index in [2.05, 4.69) is 5.29 Å². The van der Waals surface area contributed by atoms with Crippen LogP contribution in [0.25, 0.3) is 0 Å². The molecule has 104 valence electrons. The molecule has 1 aliphatic rings. The summed E-state index contributed by atoms with van der Waals surface area (Å²) in [5.41, 5.74) is 1.57. The highest BCUT2D eigenvalue weighted by Gasteiger charge is 2.46. The molecule has 10 heteroatoms. The average molecular weight is 265 g/mol. The van der Waals surface area contributed by atoms with E-state index >= 15 is 0 Å². The van der Waals surface area contributed by atoms with Gasteiger partial charge in [-0.05, 0) is 0 Å². The number of rotatable bonds is 3. The Morgan fingerprint density at radius 1 is 1.39 bits per heavy atom. The average Bonchev–Trinajstić information content (AvgIpc) is 2.34. The Balaban J connectivity index is 2.81. The fourth-order valence-electron chi connectivity index (χ4n) is 1.76. The summed E-state index contributed by atoms with van der Waals surface area (Å²) in [5, 5.41) is 40.0. The van der Waals surface area contributed by atoms with E-state index in [1.54, 1.807) is 5.43 Å². The molecular weight excluding hydrogens is 250 g/mol. The van der Waals surface area contributed by atoms with Gasteiger partial charge in [-0.15, -0.1) is 4.91 Å². The lowest BCUT2D eigenvalue weighted by Crippen LogP contribution is -2.65. The highest BCUT2D eigenvalue weighted by atomic mass is 16.6. The van der Waals surface area contributed by atoms with Gasteiger partial charge in [-0.1, -0.05) is 0 Å². The minimum Gasteiger partial charge on any atom is -0.394 e. The lowest BCUT2D eigenvalue weighted by Gasteiger charge is -2.43. The fourth-order valence-corrected chi connectivity index (χ4v) is 1.76. The molecular formula is C8H15N3O7. The van der Waals surface area contributed by atoms with Gasteiger partial charge in [-0.2, -0.15) is 5.43 Å². The molecule has 2 amide bonds. The van der Waals surface area contributed by atoms with Crippen LogP contribution in [0.3, 0.4) is 0 Å². The summed E-state index contributed by atoms with van der Waals surface area (Å²) in [7, 11) is 1.17. The van der Waals surface area contributed by atoms with E-state index in [0.29, 0.717) is 0 Å². The quantitative estimate of drug-likeness (QED) is 0.271. The van der Waals surface area contributed by atoms with Crippen LogP contribution in [0.15, 0.2) is 5.29 Å². The Kier molecular flexibility index (Phi) is 4.93. The van der Waals surface area contributed by atoms with E-state index in [1.807, 2.05) is 0 Å². The number of hydrogen-bond acceptors (Lipinski definition) is 8. The summed E-state index contributed by atoms with van der Waals surface area (Å²) in [6.07, 6.45) is -5.81. The van der Waals surface area contributed by atoms with Crippen molar-refractivity contribution in [2.45, 2.75) is 30.6 Å². The zero-order valence-electron chi connectivity index (χ0n) is 9.50. The Bertz CT molecular complexity index is 315. The van der Waals surface area contributed by atoms with Crippen LogP contribution in [0, 0.1) is 4.91 Å². The molecule has 0 aliphatic carbocycles. The van der Waals surface area contributed by atoms with Crippen molar-refractivity contribution in [3.63, 3.8) is 0 Å². The number of ether oxygens (including phenoxy) is 1. The maximum absolute atomic E-state index is 11.3. The van der Waals surface area contributed by atoms with Crippen molar-refractivity contribution < 1.29 is 30.0 Å². The number of amides is 2. The first-order valence-corrected chi connectivity index (χ1v) is 5.09. The van der Waals surface area contributed by atoms with E-state index in [1.165, 1.54) is 7.05 Å². The molecule has 0 aromatic heterocycles. The van der Waals surface area contributed by atoms with Gasteiger partial charge >= 0.3 is 6.03 Å². The first-order chi connectivity index (χ1) is 8.43. The van der Waals surface area contributed by atoms with Gasteiger partial charge in [0.2, 0.25) is 0 Å². The molecule has 1 saturated heterocycles. The highest BCUT2D eigenvalue weighted by Crippen LogP contribution is 2.23. The van der Waals surface area contributed by atoms with Crippen molar-refractivity contribution >= 4 is 6.03 Å². The van der Waals surface area contributed by atoms with Crippen LogP contribution in [-0.2, 0) is 4.74 Å². The molecule has 0 bridgehead atoms. The summed E-state index contributed by atoms with van der Waals surface area (Å²) in [6.45, 7) is -0.603. The minimum atomic E-state index is -1.62. The number of nitrogens with one attached hydrogen (secondary N) is 1. The van der Waals surface area contributed by atoms with Crippen molar-refractivity contribution in [2.75, 3.05) is 13.7 Å². The molecule has 10 nitrogen and oxygen atoms in total. The van der Waals surface area contributed by atoms with Gasteiger partial charge in [0.25, 0.3) is 0 Å². The summed E-state index contributed by atoms with van der Waals surface area (Å²) in [4.78, 5) is 22.0. The maximum Gasteiger partial charge on any atom is 0.340 e. The number of aliphatic hydroxyl groups is 4. The van der Waals surface area contributed by atoms with E-state index in [-0.39, 0.29) is 0 Å². The Labute approximate surface area is 102 Å². The summed E-state index contributed by atoms with van der Waals surface area (Å²) in [6, 6.07) is -2.28. The predicted molar refractivity (Wildman–Crippen MR) is 55.9 cm³/mol. The second kappa shape index (κ2) is 6.02. The van der Waals surface area contributed by atoms with Crippen molar-refractivity contribution in [1.29, 1.82) is 0 Å². The van der Waals surface area contributed by atoms with E-state index in [9.17, 15) is 25.0 Å². The minimum absolute atomic E-state index is 0.603. The van der Waals surface area contributed by atoms with Gasteiger partial charge in [0, 0.05) is 7.05 Å². The van der Waals surface area contributed by atoms with Gasteiger partial charge < -0.3 is 30.1 Å². The van der Waals surface area contributed by atoms with Crippen molar-refractivity contribution in [2.24, 2.45) is 5.29 Å². The van der Waals surface area contributed by atoms with Crippen LogP contribution in [0.1, 0.15) is 0 Å². The van der Waals surface area contributed by atoms with Crippen molar-refractivity contribution in [1.82, 2.24) is 10.3 Å². The molecule has 0 aromatic carbocycles. The van der Waals surface area contributed by atoms with Crippen LogP contribution in [0.2, 0.25) is 0 Å². The zero-order chi connectivity index (χ0) is 13.9. The predicted octanol–water partition coefficient (Wildman–Crippen LogP) is -2.89. The van der Waals surface area contributed by atoms with Gasteiger partial charge in [0.15, 0.2) is 6.29 Å². The normalized spacial score (nSPS) is 35.9. The third kappa shape index (κ3) is 2.73. The molecule has 5 N–H and O–H groups in total. The molecule has 0 aromatic rings. The van der Waals surface area contributed by atoms with Crippen LogP contribution < -0.4 is 5.43 Å². The third-order valence-electron chi connectivity index (χ3n) is 2.78. The summed E-state index contributed by atoms with van der Waals surface area (Å²) >= 11 is 0. The van der Waals surface area contributed by atoms with Gasteiger partial charge in [-0.25, -0.2) is 4.79 Å². The molecule has 1 fully saturated rings. The summed E-state index contributed by atoms with van der Waals surface area (Å²) < 4.78 is 4.85. The lowest BCUT2D eigenvalue weighted by atomic mass is 9.96. The molecule has 0 radical (unpaired) electrons. The fraction of sp³-hybridized carbons (Fsp3) is 0.875. The number of carbonyl (C=O) groups excluding carboxylic acids is 1. The number of nitroso groups, excluding NO2 is 1. The topological polar surface area (TPSA) is 152 Å². The number of urea groups is 1. The van der Waals surface area contributed by atoms with E-state index in [0.717, 1.165) is 4.90 Å². The largest absolute Gasteiger partial charge is 0.394 e. The number of hydrogen-bond donors (Lipinski definition) is 5. The SMILES string of the molecule is CN(C(=O)NN=O)[C@H]1[C@@H](O)[C@H](O)[C@@H](CO)O[C@@H]1O. The zero-order valence-corrected chi connectivity index (χ0v) is 9.50. The van der Waals surface area contributed by atoms with E-state index in [4.69, 9.17) is 9.84 Å². The van der Waals surface area contributed by atoms with Crippen LogP contribution >= 0.6 is 0 Å². The second-order valence-electron chi connectivity index (χ2n) is 3.84. The molecule has 0 saturated carbocycles. The molecule has 0 unspecified atom stereocenters. The molecule has 1 aliphatic heterocycles. The molecule has 1 rings (SSSR count). The van der Waals surface area contributed by atoms with Crippen LogP contribution in [-0.4, -0.2) is 75.7 Å². The van der Waals surface area contributed by atoms with Crippen LogP contribution in [0.4, 0.5) is 4.79 Å². The lowest BCUT2D eigenvalue weighted by molar-refractivity contribution is -0.265. The molecule has 18 heavy (non-hydrogen) atoms. The standard InChI is InChI=1S/C8H15N3O7/c1-11(8(16)9-10-17)4-6(14)5(13)3(2-12)18-7(4)15/h3-7,12-15H,2H2,1H3,(H,9,16,17)/t3-,4+,5-,6-,7+/m1/s1. The smallest absolute Gasteiger partial charge is 0.340 e. The first kappa shape index (κ1) is 14.7. The summed E-state index contributed by atoms with van der Waals surface area (Å²) in [5.74, 6) is 0. The molecule has 0 spiro atoms. The Morgan fingerprint density at radius 2 is 2.00 bits per heavy atom. The number of nitrogens with zero attached hydrogens (tertiary/aromatic N) is 2. The Morgan fingerprint density at radius 3 is 2.50 bits per heavy atom. The Hall–Kier alpha value is -1.33. The number of likely N-dealkylation sites (N-methyl/N-ethyl adjacent to an activating group) is 1. The monoisotopic (exact) mass is 265 g/mol. The molecule has 5 atom stereocenters. The highest BCUT2D eigenvalue weighted by molar-refractivity contribution is 5.73. The van der Waals surface area contributed by atoms with Gasteiger partial charge in [-0.3, -0.25) is 0 Å². The van der Waals surface area contributed by atoms with Crippen molar-refractivity contribution in [3.05, 3.63) is 4.91 Å². The van der Waals surface area contributed by atoms with E-state index < -0.39 is 43.3 Å². The first-order valence-electron chi connectivity index (χ1n) is 5.09. The number of aliphatic hydroxyl groups excluding tert-OH is 4. The molecule has 1 heterocycles. The maximum atomic E-state index is 11.3. The van der Waals surface area contributed by atoms with Crippen molar-refractivity contribution in [3.8, 4) is 0 Å². The van der Waals surface area contributed by atoms with Crippen LogP contribution in [0.5, 0.6) is 0 Å². The van der Waals surface area contributed by atoms with Gasteiger partial charge in [0.05, 0.1) is 11.9 Å². The number of carbonyl (C=O) groups is 1. The third-order valence-corrected chi connectivity index (χ3v) is 2.78.